The van der Waals surface area contributed by atoms with Gasteiger partial charge in [-0.05, 0) is 76.5 Å². The Labute approximate surface area is 153 Å². The van der Waals surface area contributed by atoms with Crippen LogP contribution >= 0.6 is 0 Å². The van der Waals surface area contributed by atoms with Crippen LogP contribution in [-0.4, -0.2) is 52.4 Å². The van der Waals surface area contributed by atoms with E-state index in [2.05, 4.69) is 17.3 Å². The number of aromatic carboxylic acids is 1. The molecule has 0 bridgehead atoms. The molecule has 1 aromatic carbocycles. The summed E-state index contributed by atoms with van der Waals surface area (Å²) in [5, 5.41) is 17.7. The molecule has 1 fully saturated rings. The average molecular weight is 354 g/mol. The lowest BCUT2D eigenvalue weighted by Crippen LogP contribution is -2.29. The molecule has 0 unspecified atom stereocenters. The van der Waals surface area contributed by atoms with E-state index in [4.69, 9.17) is 10.2 Å². The summed E-state index contributed by atoms with van der Waals surface area (Å²) in [6.45, 7) is 3.19. The van der Waals surface area contributed by atoms with E-state index >= 15 is 0 Å². The Bertz CT molecular complexity index is 789. The van der Waals surface area contributed by atoms with Crippen LogP contribution in [0.4, 0.5) is 5.82 Å². The first kappa shape index (κ1) is 17.1. The molecule has 26 heavy (non-hydrogen) atoms. The molecule has 0 radical (unpaired) electrons. The third-order valence-corrected chi connectivity index (χ3v) is 5.62. The summed E-state index contributed by atoms with van der Waals surface area (Å²) in [5.41, 5.74) is 3.82. The van der Waals surface area contributed by atoms with Crippen molar-refractivity contribution in [3.05, 3.63) is 41.1 Å². The molecular weight excluding hydrogens is 328 g/mol. The van der Waals surface area contributed by atoms with Gasteiger partial charge < -0.3 is 15.3 Å². The maximum atomic E-state index is 11.1. The van der Waals surface area contributed by atoms with Crippen molar-refractivity contribution in [3.63, 3.8) is 0 Å². The molecule has 1 aromatic heterocycles. The molecule has 0 aliphatic carbocycles. The lowest BCUT2D eigenvalue weighted by atomic mass is 9.90. The van der Waals surface area contributed by atoms with Gasteiger partial charge in [0.15, 0.2) is 0 Å². The van der Waals surface area contributed by atoms with Crippen LogP contribution in [0.25, 0.3) is 5.69 Å². The maximum Gasteiger partial charge on any atom is 0.335 e. The van der Waals surface area contributed by atoms with Crippen molar-refractivity contribution in [3.8, 4) is 5.69 Å². The van der Waals surface area contributed by atoms with Crippen molar-refractivity contribution in [2.75, 3.05) is 32.0 Å². The second kappa shape index (κ2) is 7.11. The van der Waals surface area contributed by atoms with Crippen LogP contribution in [0, 0.1) is 0 Å². The number of nitrogens with zero attached hydrogens (tertiary/aromatic N) is 3. The highest BCUT2D eigenvalue weighted by Gasteiger charge is 2.28. The number of aromatic nitrogens is 2. The van der Waals surface area contributed by atoms with Crippen molar-refractivity contribution in [1.29, 1.82) is 0 Å². The lowest BCUT2D eigenvalue weighted by Gasteiger charge is -2.28. The van der Waals surface area contributed by atoms with E-state index in [1.165, 1.54) is 24.1 Å². The van der Waals surface area contributed by atoms with Gasteiger partial charge in [0.05, 0.1) is 16.9 Å². The van der Waals surface area contributed by atoms with Gasteiger partial charge in [-0.3, -0.25) is 0 Å². The molecule has 2 aliphatic heterocycles. The highest BCUT2D eigenvalue weighted by Crippen LogP contribution is 2.36. The SMILES string of the molecule is CN1CCC(c2nn(-c3ccc(C(=O)O)cc3)c3c2CCCCN3)CC1. The Balaban J connectivity index is 1.73. The fraction of sp³-hybridized carbons (Fsp3) is 0.500. The number of hydrogen-bond donors (Lipinski definition) is 2. The quantitative estimate of drug-likeness (QED) is 0.886. The molecule has 6 heteroatoms. The molecule has 6 nitrogen and oxygen atoms in total. The Kier molecular flexibility index (Phi) is 4.68. The van der Waals surface area contributed by atoms with Gasteiger partial charge in [0.1, 0.15) is 5.82 Å². The van der Waals surface area contributed by atoms with Gasteiger partial charge >= 0.3 is 5.97 Å². The molecule has 0 amide bonds. The average Bonchev–Trinajstić information content (AvgIpc) is 2.84. The minimum atomic E-state index is -0.902. The summed E-state index contributed by atoms with van der Waals surface area (Å²) in [6.07, 6.45) is 5.72. The Morgan fingerprint density at radius 1 is 1.19 bits per heavy atom. The molecule has 0 spiro atoms. The number of carbonyl (C=O) groups is 1. The predicted molar refractivity (Wildman–Crippen MR) is 101 cm³/mol. The lowest BCUT2D eigenvalue weighted by molar-refractivity contribution is 0.0697. The highest BCUT2D eigenvalue weighted by molar-refractivity contribution is 5.87. The molecule has 4 rings (SSSR count). The van der Waals surface area contributed by atoms with E-state index in [9.17, 15) is 4.79 Å². The molecule has 138 valence electrons. The number of nitrogens with one attached hydrogen (secondary N) is 1. The van der Waals surface area contributed by atoms with Crippen LogP contribution in [-0.2, 0) is 6.42 Å². The van der Waals surface area contributed by atoms with Crippen molar-refractivity contribution >= 4 is 11.8 Å². The van der Waals surface area contributed by atoms with E-state index in [0.29, 0.717) is 11.5 Å². The smallest absolute Gasteiger partial charge is 0.335 e. The van der Waals surface area contributed by atoms with Gasteiger partial charge in [0.2, 0.25) is 0 Å². The Hall–Kier alpha value is -2.34. The first-order valence-corrected chi connectivity index (χ1v) is 9.51. The van der Waals surface area contributed by atoms with Crippen LogP contribution in [0.5, 0.6) is 0 Å². The number of hydrogen-bond acceptors (Lipinski definition) is 4. The topological polar surface area (TPSA) is 70.4 Å². The number of benzene rings is 1. The second-order valence-electron chi connectivity index (χ2n) is 7.44. The summed E-state index contributed by atoms with van der Waals surface area (Å²) < 4.78 is 1.99. The van der Waals surface area contributed by atoms with Crippen LogP contribution in [0.1, 0.15) is 53.2 Å². The summed E-state index contributed by atoms with van der Waals surface area (Å²) in [5.74, 6) is 0.708. The monoisotopic (exact) mass is 354 g/mol. The Morgan fingerprint density at radius 2 is 1.92 bits per heavy atom. The number of fused-ring (bicyclic) bond motifs is 1. The van der Waals surface area contributed by atoms with Gasteiger partial charge in [-0.1, -0.05) is 0 Å². The van der Waals surface area contributed by atoms with Gasteiger partial charge in [-0.25, -0.2) is 9.48 Å². The van der Waals surface area contributed by atoms with Crippen molar-refractivity contribution in [2.24, 2.45) is 0 Å². The summed E-state index contributed by atoms with van der Waals surface area (Å²) in [7, 11) is 2.18. The molecule has 2 aromatic rings. The van der Waals surface area contributed by atoms with Gasteiger partial charge in [-0.2, -0.15) is 5.10 Å². The minimum Gasteiger partial charge on any atom is -0.478 e. The first-order chi connectivity index (χ1) is 12.6. The highest BCUT2D eigenvalue weighted by atomic mass is 16.4. The molecule has 2 N–H and O–H groups in total. The summed E-state index contributed by atoms with van der Waals surface area (Å²) in [4.78, 5) is 13.5. The standard InChI is InChI=1S/C20H26N4O2/c1-23-12-9-14(10-13-23)18-17-4-2-3-11-21-19(17)24(22-18)16-7-5-15(6-8-16)20(25)26/h5-8,14,21H,2-4,9-13H2,1H3,(H,25,26). The van der Waals surface area contributed by atoms with Crippen LogP contribution in [0.3, 0.4) is 0 Å². The third kappa shape index (κ3) is 3.21. The normalized spacial score (nSPS) is 18.8. The number of carboxylic acids is 1. The largest absolute Gasteiger partial charge is 0.478 e. The predicted octanol–water partition coefficient (Wildman–Crippen LogP) is 3.13. The number of anilines is 1. The van der Waals surface area contributed by atoms with Gasteiger partial charge in [0, 0.05) is 18.0 Å². The fourth-order valence-electron chi connectivity index (χ4n) is 4.07. The van der Waals surface area contributed by atoms with E-state index in [-0.39, 0.29) is 0 Å². The first-order valence-electron chi connectivity index (χ1n) is 9.51. The van der Waals surface area contributed by atoms with Crippen molar-refractivity contribution in [2.45, 2.75) is 38.0 Å². The molecule has 3 heterocycles. The Morgan fingerprint density at radius 3 is 2.62 bits per heavy atom. The zero-order chi connectivity index (χ0) is 18.1. The van der Waals surface area contributed by atoms with Crippen molar-refractivity contribution < 1.29 is 9.90 Å². The van der Waals surface area contributed by atoms with E-state index in [1.54, 1.807) is 12.1 Å². The zero-order valence-corrected chi connectivity index (χ0v) is 15.2. The number of piperidine rings is 1. The minimum absolute atomic E-state index is 0.301. The van der Waals surface area contributed by atoms with Crippen molar-refractivity contribution in [1.82, 2.24) is 14.7 Å². The second-order valence-corrected chi connectivity index (χ2v) is 7.44. The summed E-state index contributed by atoms with van der Waals surface area (Å²) >= 11 is 0. The third-order valence-electron chi connectivity index (χ3n) is 5.62. The number of carboxylic acid groups (broad SMARTS) is 1. The van der Waals surface area contributed by atoms with E-state index in [0.717, 1.165) is 50.4 Å². The molecule has 0 atom stereocenters. The van der Waals surface area contributed by atoms with E-state index in [1.807, 2.05) is 16.8 Å². The number of likely N-dealkylation sites (tertiary alicyclic amines) is 1. The molecule has 1 saturated heterocycles. The molecular formula is C20H26N4O2. The molecule has 0 saturated carbocycles. The summed E-state index contributed by atoms with van der Waals surface area (Å²) in [6, 6.07) is 7.00. The number of rotatable bonds is 3. The van der Waals surface area contributed by atoms with Gasteiger partial charge in [0.25, 0.3) is 0 Å². The van der Waals surface area contributed by atoms with E-state index < -0.39 is 5.97 Å². The van der Waals surface area contributed by atoms with Gasteiger partial charge in [-0.15, -0.1) is 0 Å². The maximum absolute atomic E-state index is 11.1. The van der Waals surface area contributed by atoms with Crippen LogP contribution < -0.4 is 5.32 Å². The van der Waals surface area contributed by atoms with Crippen LogP contribution in [0.15, 0.2) is 24.3 Å². The van der Waals surface area contributed by atoms with Crippen LogP contribution in [0.2, 0.25) is 0 Å². The fourth-order valence-corrected chi connectivity index (χ4v) is 4.07. The molecule has 2 aliphatic rings. The zero-order valence-electron chi connectivity index (χ0n) is 15.2.